The molecule has 0 saturated heterocycles. The number of hydrogen-bond donors (Lipinski definition) is 1. The van der Waals surface area contributed by atoms with Crippen molar-refractivity contribution in [3.63, 3.8) is 0 Å². The van der Waals surface area contributed by atoms with Crippen LogP contribution in [0.5, 0.6) is 0 Å². The fourth-order valence-corrected chi connectivity index (χ4v) is 4.23. The maximum atomic E-state index is 4.74. The van der Waals surface area contributed by atoms with Crippen LogP contribution in [0.1, 0.15) is 19.4 Å². The quantitative estimate of drug-likeness (QED) is 0.397. The van der Waals surface area contributed by atoms with Gasteiger partial charge in [-0.05, 0) is 55.8 Å². The van der Waals surface area contributed by atoms with Crippen molar-refractivity contribution in [1.82, 2.24) is 0 Å². The average molecular weight is 350 g/mol. The third kappa shape index (κ3) is 2.72. The molecule has 1 nitrogen and oxygen atoms in total. The molecule has 0 unspecified atom stereocenters. The molecule has 0 aliphatic carbocycles. The lowest BCUT2D eigenvalue weighted by Crippen LogP contribution is -2.16. The number of para-hydroxylation sites is 2. The molecule has 0 atom stereocenters. The van der Waals surface area contributed by atoms with Gasteiger partial charge < -0.3 is 4.90 Å². The fraction of sp³-hybridized carbons (Fsp3) is 0.143. The third-order valence-electron chi connectivity index (χ3n) is 4.25. The van der Waals surface area contributed by atoms with Gasteiger partial charge in [-0.3, -0.25) is 0 Å². The number of fused-ring (bicyclic) bond motifs is 2. The highest BCUT2D eigenvalue weighted by molar-refractivity contribution is 7.99. The Bertz CT molecular complexity index is 882. The lowest BCUT2D eigenvalue weighted by atomic mass is 10.0. The van der Waals surface area contributed by atoms with E-state index in [4.69, 9.17) is 12.6 Å². The number of rotatable bonds is 2. The molecule has 1 aliphatic heterocycles. The summed E-state index contributed by atoms with van der Waals surface area (Å²) in [5, 5.41) is 0. The van der Waals surface area contributed by atoms with E-state index in [1.165, 1.54) is 32.4 Å². The molecule has 3 heteroatoms. The van der Waals surface area contributed by atoms with Gasteiger partial charge >= 0.3 is 0 Å². The molecule has 120 valence electrons. The smallest absolute Gasteiger partial charge is 0.0601 e. The van der Waals surface area contributed by atoms with E-state index in [1.54, 1.807) is 0 Å². The van der Waals surface area contributed by atoms with E-state index in [0.717, 1.165) is 0 Å². The maximum Gasteiger partial charge on any atom is 0.0601 e. The van der Waals surface area contributed by atoms with Crippen molar-refractivity contribution in [2.75, 3.05) is 4.90 Å². The predicted molar refractivity (Wildman–Crippen MR) is 107 cm³/mol. The first kappa shape index (κ1) is 15.7. The first-order valence-corrected chi connectivity index (χ1v) is 9.29. The topological polar surface area (TPSA) is 3.24 Å². The van der Waals surface area contributed by atoms with Crippen LogP contribution in [0.15, 0.2) is 82.6 Å². The molecule has 1 aliphatic rings. The Morgan fingerprint density at radius 3 is 2.21 bits per heavy atom. The molecule has 0 N–H and O–H groups in total. The Morgan fingerprint density at radius 2 is 1.46 bits per heavy atom. The van der Waals surface area contributed by atoms with Gasteiger partial charge in [0.15, 0.2) is 0 Å². The summed E-state index contributed by atoms with van der Waals surface area (Å²) in [5.41, 5.74) is 4.89. The summed E-state index contributed by atoms with van der Waals surface area (Å²) in [6, 6.07) is 25.8. The largest absolute Gasteiger partial charge is 0.308 e. The second-order valence-electron chi connectivity index (χ2n) is 6.48. The zero-order valence-electron chi connectivity index (χ0n) is 13.7. The lowest BCUT2D eigenvalue weighted by molar-refractivity contribution is 0.787. The van der Waals surface area contributed by atoms with Crippen molar-refractivity contribution in [3.05, 3.63) is 78.4 Å². The molecular weight excluding hydrogens is 330 g/mol. The number of benzene rings is 3. The summed E-state index contributed by atoms with van der Waals surface area (Å²) in [5.74, 6) is 0. The van der Waals surface area contributed by atoms with Crippen LogP contribution in [0.2, 0.25) is 0 Å². The molecule has 3 aromatic rings. The van der Waals surface area contributed by atoms with Gasteiger partial charge in [-0.25, -0.2) is 0 Å². The summed E-state index contributed by atoms with van der Waals surface area (Å²) in [6.07, 6.45) is 0. The molecule has 0 amide bonds. The minimum atomic E-state index is -0.149. The van der Waals surface area contributed by atoms with E-state index in [9.17, 15) is 0 Å². The Hall–Kier alpha value is -1.84. The molecule has 3 aromatic carbocycles. The number of nitrogens with zero attached hydrogens (tertiary/aromatic N) is 1. The van der Waals surface area contributed by atoms with Crippen molar-refractivity contribution < 1.29 is 0 Å². The molecule has 0 aromatic heterocycles. The molecule has 0 bridgehead atoms. The predicted octanol–water partition coefficient (Wildman–Crippen LogP) is 6.79. The monoisotopic (exact) mass is 349 g/mol. The van der Waals surface area contributed by atoms with Gasteiger partial charge in [0.1, 0.15) is 0 Å². The van der Waals surface area contributed by atoms with Gasteiger partial charge in [0.2, 0.25) is 0 Å². The van der Waals surface area contributed by atoms with E-state index in [-0.39, 0.29) is 4.75 Å². The maximum absolute atomic E-state index is 4.74. The molecule has 4 rings (SSSR count). The van der Waals surface area contributed by atoms with E-state index >= 15 is 0 Å². The summed E-state index contributed by atoms with van der Waals surface area (Å²) in [6.45, 7) is 4.27. The summed E-state index contributed by atoms with van der Waals surface area (Å²) >= 11 is 6.57. The normalized spacial score (nSPS) is 13.4. The Morgan fingerprint density at radius 1 is 0.792 bits per heavy atom. The highest BCUT2D eigenvalue weighted by atomic mass is 32.2. The number of hydrogen-bond acceptors (Lipinski definition) is 3. The van der Waals surface area contributed by atoms with Gasteiger partial charge in [0.05, 0.1) is 11.4 Å². The molecule has 24 heavy (non-hydrogen) atoms. The van der Waals surface area contributed by atoms with Crippen LogP contribution in [0, 0.1) is 0 Å². The van der Waals surface area contributed by atoms with Crippen molar-refractivity contribution in [2.45, 2.75) is 28.4 Å². The number of anilines is 3. The van der Waals surface area contributed by atoms with Gasteiger partial charge in [-0.2, -0.15) is 12.6 Å². The van der Waals surface area contributed by atoms with E-state index in [1.807, 2.05) is 11.8 Å². The zero-order valence-corrected chi connectivity index (χ0v) is 15.4. The van der Waals surface area contributed by atoms with Crippen LogP contribution in [0.25, 0.3) is 0 Å². The molecule has 0 spiro atoms. The lowest BCUT2D eigenvalue weighted by Gasteiger charge is -2.33. The Balaban J connectivity index is 1.92. The SMILES string of the molecule is CC(C)(S)c1ccc2c(c1)Sc1ccccc1N2c1ccccc1. The highest BCUT2D eigenvalue weighted by Gasteiger charge is 2.26. The number of thiol groups is 1. The van der Waals surface area contributed by atoms with Crippen LogP contribution in [-0.2, 0) is 4.75 Å². The summed E-state index contributed by atoms with van der Waals surface area (Å²) in [4.78, 5) is 4.90. The first-order chi connectivity index (χ1) is 11.5. The van der Waals surface area contributed by atoms with Crippen LogP contribution in [0.3, 0.4) is 0 Å². The molecule has 0 saturated carbocycles. The fourth-order valence-electron chi connectivity index (χ4n) is 2.99. The highest BCUT2D eigenvalue weighted by Crippen LogP contribution is 2.52. The van der Waals surface area contributed by atoms with Crippen molar-refractivity contribution in [1.29, 1.82) is 0 Å². The van der Waals surface area contributed by atoms with Crippen LogP contribution < -0.4 is 4.90 Å². The van der Waals surface area contributed by atoms with E-state index in [0.29, 0.717) is 0 Å². The minimum Gasteiger partial charge on any atom is -0.308 e. The minimum absolute atomic E-state index is 0.149. The third-order valence-corrected chi connectivity index (χ3v) is 5.62. The molecular formula is C21H19NS2. The second kappa shape index (κ2) is 5.91. The van der Waals surface area contributed by atoms with Crippen molar-refractivity contribution in [2.24, 2.45) is 0 Å². The second-order valence-corrected chi connectivity index (χ2v) is 8.68. The van der Waals surface area contributed by atoms with Crippen LogP contribution in [-0.4, -0.2) is 0 Å². The van der Waals surface area contributed by atoms with Gasteiger partial charge in [0.25, 0.3) is 0 Å². The van der Waals surface area contributed by atoms with Gasteiger partial charge in [-0.15, -0.1) is 0 Å². The average Bonchev–Trinajstić information content (AvgIpc) is 2.59. The molecule has 0 radical (unpaired) electrons. The van der Waals surface area contributed by atoms with Crippen LogP contribution >= 0.6 is 24.4 Å². The van der Waals surface area contributed by atoms with Crippen LogP contribution in [0.4, 0.5) is 17.1 Å². The summed E-state index contributed by atoms with van der Waals surface area (Å²) in [7, 11) is 0. The Labute approximate surface area is 153 Å². The molecule has 1 heterocycles. The van der Waals surface area contributed by atoms with Crippen molar-refractivity contribution in [3.8, 4) is 0 Å². The Kier molecular flexibility index (Phi) is 3.86. The van der Waals surface area contributed by atoms with Crippen molar-refractivity contribution >= 4 is 41.5 Å². The van der Waals surface area contributed by atoms with Gasteiger partial charge in [0, 0.05) is 20.2 Å². The molecule has 0 fully saturated rings. The van der Waals surface area contributed by atoms with E-state index in [2.05, 4.69) is 91.5 Å². The first-order valence-electron chi connectivity index (χ1n) is 8.03. The zero-order chi connectivity index (χ0) is 16.7. The van der Waals surface area contributed by atoms with Gasteiger partial charge in [-0.1, -0.05) is 48.2 Å². The summed E-state index contributed by atoms with van der Waals surface area (Å²) < 4.78 is -0.149. The van der Waals surface area contributed by atoms with E-state index < -0.39 is 0 Å². The standard InChI is InChI=1S/C21H19NS2/c1-21(2,23)15-12-13-18-20(14-15)24-19-11-7-6-10-17(19)22(18)16-8-4-3-5-9-16/h3-14,23H,1-2H3.